The van der Waals surface area contributed by atoms with Gasteiger partial charge in [0.1, 0.15) is 6.04 Å². The lowest BCUT2D eigenvalue weighted by molar-refractivity contribution is -0.416. The third-order valence-corrected chi connectivity index (χ3v) is 5.90. The molecule has 0 bridgehead atoms. The minimum atomic E-state index is -0.632. The van der Waals surface area contributed by atoms with Gasteiger partial charge in [-0.2, -0.15) is 0 Å². The van der Waals surface area contributed by atoms with Gasteiger partial charge >= 0.3 is 0 Å². The van der Waals surface area contributed by atoms with Crippen molar-refractivity contribution in [1.29, 1.82) is 0 Å². The average molecular weight is 418 g/mol. The van der Waals surface area contributed by atoms with Gasteiger partial charge in [0.25, 0.3) is 5.91 Å². The smallest absolute Gasteiger partial charge is 0.280 e. The van der Waals surface area contributed by atoms with Crippen LogP contribution in [-0.2, 0) is 14.4 Å². The molecule has 30 heavy (non-hydrogen) atoms. The number of hydrogen-bond acceptors (Lipinski definition) is 3. The van der Waals surface area contributed by atoms with Gasteiger partial charge in [0.15, 0.2) is 6.04 Å². The molecule has 0 saturated carbocycles. The standard InChI is InChI=1S/C23H36N4O3/c1-14(2)17-6-8-19(9-7-17)26-21(28)16(5)25-22(29)18-10-12-27(13-11-18)23(30)20(24)15(3)4/h6-9,14-16,18,20H,10-13,24H2,1-5H3,(H,25,29)(H,26,28)/p+1/t16-,20-/m0/s1. The highest BCUT2D eigenvalue weighted by atomic mass is 16.2. The van der Waals surface area contributed by atoms with E-state index in [9.17, 15) is 14.4 Å². The molecule has 1 aliphatic heterocycles. The molecular formula is C23H37N4O3+. The number of benzene rings is 1. The first-order chi connectivity index (χ1) is 14.1. The molecule has 7 heteroatoms. The van der Waals surface area contributed by atoms with E-state index in [1.807, 2.05) is 38.1 Å². The molecule has 2 atom stereocenters. The number of piperidine rings is 1. The van der Waals surface area contributed by atoms with Crippen LogP contribution in [0, 0.1) is 11.8 Å². The Bertz CT molecular complexity index is 737. The van der Waals surface area contributed by atoms with Gasteiger partial charge in [0.2, 0.25) is 11.8 Å². The number of hydrogen-bond donors (Lipinski definition) is 3. The van der Waals surface area contributed by atoms with Crippen LogP contribution in [0.3, 0.4) is 0 Å². The van der Waals surface area contributed by atoms with Crippen molar-refractivity contribution in [2.45, 2.75) is 65.5 Å². The molecule has 7 nitrogen and oxygen atoms in total. The second kappa shape index (κ2) is 10.6. The molecule has 2 rings (SSSR count). The van der Waals surface area contributed by atoms with Gasteiger partial charge in [-0.05, 0) is 43.4 Å². The van der Waals surface area contributed by atoms with Gasteiger partial charge in [-0.15, -0.1) is 0 Å². The number of quaternary nitrogens is 1. The van der Waals surface area contributed by atoms with Crippen LogP contribution in [0.2, 0.25) is 0 Å². The fraction of sp³-hybridized carbons (Fsp3) is 0.609. The lowest BCUT2D eigenvalue weighted by Crippen LogP contribution is -2.70. The summed E-state index contributed by atoms with van der Waals surface area (Å²) in [7, 11) is 0. The van der Waals surface area contributed by atoms with E-state index in [2.05, 4.69) is 30.2 Å². The fourth-order valence-corrected chi connectivity index (χ4v) is 3.48. The summed E-state index contributed by atoms with van der Waals surface area (Å²) in [5, 5.41) is 5.67. The fourth-order valence-electron chi connectivity index (χ4n) is 3.48. The maximum absolute atomic E-state index is 12.6. The van der Waals surface area contributed by atoms with E-state index in [1.165, 1.54) is 5.56 Å². The third-order valence-electron chi connectivity index (χ3n) is 5.90. The van der Waals surface area contributed by atoms with Crippen LogP contribution >= 0.6 is 0 Å². The summed E-state index contributed by atoms with van der Waals surface area (Å²) in [5.41, 5.74) is 5.88. The van der Waals surface area contributed by atoms with Crippen LogP contribution in [0.1, 0.15) is 58.9 Å². The minimum Gasteiger partial charge on any atom is -0.347 e. The normalized spacial score (nSPS) is 17.0. The second-order valence-electron chi connectivity index (χ2n) is 8.95. The van der Waals surface area contributed by atoms with E-state index in [1.54, 1.807) is 11.8 Å². The van der Waals surface area contributed by atoms with Gasteiger partial charge in [0, 0.05) is 30.6 Å². The number of nitrogens with zero attached hydrogens (tertiary/aromatic N) is 1. The molecular weight excluding hydrogens is 380 g/mol. The minimum absolute atomic E-state index is 0.0556. The van der Waals surface area contributed by atoms with Crippen molar-refractivity contribution in [2.24, 2.45) is 11.8 Å². The van der Waals surface area contributed by atoms with Crippen LogP contribution in [0.15, 0.2) is 24.3 Å². The molecule has 5 N–H and O–H groups in total. The van der Waals surface area contributed by atoms with Gasteiger partial charge in [0.05, 0.1) is 0 Å². The zero-order valence-electron chi connectivity index (χ0n) is 18.9. The van der Waals surface area contributed by atoms with Gasteiger partial charge in [-0.25, -0.2) is 0 Å². The van der Waals surface area contributed by atoms with E-state index in [4.69, 9.17) is 0 Å². The molecule has 1 aromatic carbocycles. The summed E-state index contributed by atoms with van der Waals surface area (Å²) in [4.78, 5) is 39.3. The first-order valence-electron chi connectivity index (χ1n) is 10.9. The van der Waals surface area contributed by atoms with Crippen LogP contribution in [0.25, 0.3) is 0 Å². The molecule has 0 spiro atoms. The molecule has 3 amide bonds. The summed E-state index contributed by atoms with van der Waals surface area (Å²) < 4.78 is 0. The summed E-state index contributed by atoms with van der Waals surface area (Å²) in [6, 6.07) is 6.85. The van der Waals surface area contributed by atoms with Crippen molar-refractivity contribution in [3.63, 3.8) is 0 Å². The van der Waals surface area contributed by atoms with E-state index >= 15 is 0 Å². The number of carbonyl (C=O) groups is 3. The molecule has 0 unspecified atom stereocenters. The Morgan fingerprint density at radius 1 is 1.00 bits per heavy atom. The molecule has 166 valence electrons. The van der Waals surface area contributed by atoms with E-state index in [0.717, 1.165) is 0 Å². The van der Waals surface area contributed by atoms with E-state index in [0.29, 0.717) is 37.5 Å². The Balaban J connectivity index is 1.81. The molecule has 0 radical (unpaired) electrons. The SMILES string of the molecule is CC(C)c1ccc(NC(=O)[C@H](C)NC(=O)C2CCN(C(=O)[C@@H]([NH3+])C(C)C)CC2)cc1. The monoisotopic (exact) mass is 417 g/mol. The summed E-state index contributed by atoms with van der Waals surface area (Å²) in [5.74, 6) is 0.121. The topological polar surface area (TPSA) is 106 Å². The highest BCUT2D eigenvalue weighted by Crippen LogP contribution is 2.20. The Morgan fingerprint density at radius 3 is 2.07 bits per heavy atom. The van der Waals surface area contributed by atoms with E-state index in [-0.39, 0.29) is 35.6 Å². The predicted octanol–water partition coefficient (Wildman–Crippen LogP) is 1.76. The van der Waals surface area contributed by atoms with Crippen LogP contribution < -0.4 is 16.4 Å². The highest BCUT2D eigenvalue weighted by Gasteiger charge is 2.32. The zero-order chi connectivity index (χ0) is 22.4. The van der Waals surface area contributed by atoms with Gasteiger partial charge < -0.3 is 21.3 Å². The largest absolute Gasteiger partial charge is 0.347 e. The van der Waals surface area contributed by atoms with Crippen molar-refractivity contribution >= 4 is 23.4 Å². The molecule has 1 heterocycles. The van der Waals surface area contributed by atoms with Crippen molar-refractivity contribution in [2.75, 3.05) is 18.4 Å². The Labute approximate surface area is 179 Å². The number of carbonyl (C=O) groups excluding carboxylic acids is 3. The lowest BCUT2D eigenvalue weighted by atomic mass is 9.94. The third kappa shape index (κ3) is 6.29. The van der Waals surface area contributed by atoms with Crippen molar-refractivity contribution in [3.8, 4) is 0 Å². The first-order valence-corrected chi connectivity index (χ1v) is 10.9. The van der Waals surface area contributed by atoms with Gasteiger partial charge in [-0.3, -0.25) is 14.4 Å². The summed E-state index contributed by atoms with van der Waals surface area (Å²) >= 11 is 0. The molecule has 1 fully saturated rings. The van der Waals surface area contributed by atoms with Crippen LogP contribution in [0.5, 0.6) is 0 Å². The lowest BCUT2D eigenvalue weighted by Gasteiger charge is -2.33. The maximum Gasteiger partial charge on any atom is 0.280 e. The molecule has 1 saturated heterocycles. The van der Waals surface area contributed by atoms with E-state index < -0.39 is 6.04 Å². The zero-order valence-corrected chi connectivity index (χ0v) is 18.9. The van der Waals surface area contributed by atoms with Crippen LogP contribution in [0.4, 0.5) is 5.69 Å². The molecule has 1 aromatic rings. The maximum atomic E-state index is 12.6. The number of likely N-dealkylation sites (tertiary alicyclic amines) is 1. The Hall–Kier alpha value is -2.41. The van der Waals surface area contributed by atoms with Crippen molar-refractivity contribution in [1.82, 2.24) is 10.2 Å². The van der Waals surface area contributed by atoms with Crippen LogP contribution in [-0.4, -0.2) is 47.8 Å². The average Bonchev–Trinajstić information content (AvgIpc) is 2.72. The number of amides is 3. The summed E-state index contributed by atoms with van der Waals surface area (Å²) in [6.45, 7) is 11.0. The first kappa shape index (κ1) is 23.9. The second-order valence-corrected chi connectivity index (χ2v) is 8.95. The number of anilines is 1. The number of nitrogens with one attached hydrogen (secondary N) is 2. The highest BCUT2D eigenvalue weighted by molar-refractivity contribution is 5.97. The van der Waals surface area contributed by atoms with Crippen molar-refractivity contribution < 1.29 is 20.1 Å². The number of rotatable bonds is 7. The molecule has 1 aliphatic rings. The summed E-state index contributed by atoms with van der Waals surface area (Å²) in [6.07, 6.45) is 1.21. The molecule has 0 aliphatic carbocycles. The van der Waals surface area contributed by atoms with Gasteiger partial charge in [-0.1, -0.05) is 39.8 Å². The predicted molar refractivity (Wildman–Crippen MR) is 118 cm³/mol. The molecule has 0 aromatic heterocycles. The Kier molecular flexibility index (Phi) is 8.41. The Morgan fingerprint density at radius 2 is 1.57 bits per heavy atom. The quantitative estimate of drug-likeness (QED) is 0.629. The van der Waals surface area contributed by atoms with Crippen molar-refractivity contribution in [3.05, 3.63) is 29.8 Å².